The molecule has 0 aromatic carbocycles. The first-order valence-corrected chi connectivity index (χ1v) is 4.19. The fourth-order valence-electron chi connectivity index (χ4n) is 1.86. The third kappa shape index (κ3) is 1.67. The molecule has 2 aliphatic rings. The van der Waals surface area contributed by atoms with E-state index in [1.54, 1.807) is 0 Å². The average Bonchev–Trinajstić information content (AvgIpc) is 2.59. The van der Waals surface area contributed by atoms with Crippen LogP contribution in [0.15, 0.2) is 0 Å². The number of aliphatic hydroxyl groups is 2. The van der Waals surface area contributed by atoms with Crippen LogP contribution < -0.4 is 0 Å². The summed E-state index contributed by atoms with van der Waals surface area (Å²) < 4.78 is 15.5. The van der Waals surface area contributed by atoms with Crippen LogP contribution in [0.1, 0.15) is 0 Å². The number of hydrogen-bond donors (Lipinski definition) is 2. The molecule has 6 heteroatoms. The SMILES string of the molecule is COC[C@H]1O[C@H]2[CH-]O[C@]1(CO)[C@H]2O.[U]. The first-order chi connectivity index (χ1) is 6.24. The molecule has 2 fully saturated rings. The molecule has 2 rings (SSSR count). The zero-order valence-corrected chi connectivity index (χ0v) is 12.0. The second-order valence-corrected chi connectivity index (χ2v) is 3.36. The average molecular weight is 427 g/mol. The number of ether oxygens (including phenoxy) is 3. The van der Waals surface area contributed by atoms with Gasteiger partial charge < -0.3 is 24.4 Å². The molecule has 2 bridgehead atoms. The van der Waals surface area contributed by atoms with Gasteiger partial charge in [0.15, 0.2) is 0 Å². The molecule has 4 atom stereocenters. The predicted molar refractivity (Wildman–Crippen MR) is 41.7 cm³/mol. The molecular formula is C8H13O5U-. The van der Waals surface area contributed by atoms with Crippen molar-refractivity contribution in [3.05, 3.63) is 6.61 Å². The molecule has 0 radical (unpaired) electrons. The number of rotatable bonds is 3. The summed E-state index contributed by atoms with van der Waals surface area (Å²) in [5.74, 6) is 0. The van der Waals surface area contributed by atoms with Crippen molar-refractivity contribution in [2.45, 2.75) is 23.9 Å². The summed E-state index contributed by atoms with van der Waals surface area (Å²) in [4.78, 5) is 0. The minimum Gasteiger partial charge on any atom is -0.539 e. The standard InChI is InChI=1S/C8H13O5.U/c1-11-3-6-8(4-9)7(10)5(13-6)2-12-8;/h2,5-7,9-10H,3-4H2,1H3;/q-1;/t5-,6+,7-,8-;/m0./s1. The maximum atomic E-state index is 9.68. The second kappa shape index (κ2) is 4.79. The largest absolute Gasteiger partial charge is 0.539 e. The van der Waals surface area contributed by atoms with Crippen molar-refractivity contribution >= 4 is 0 Å². The van der Waals surface area contributed by atoms with Gasteiger partial charge in [-0.15, -0.1) is 0 Å². The molecule has 2 N–H and O–H groups in total. The molecule has 0 saturated carbocycles. The Kier molecular flexibility index (Phi) is 4.42. The van der Waals surface area contributed by atoms with Gasteiger partial charge in [-0.05, 0) is 6.10 Å². The quantitative estimate of drug-likeness (QED) is 0.548. The van der Waals surface area contributed by atoms with Crippen LogP contribution in [0.3, 0.4) is 0 Å². The number of aliphatic hydroxyl groups excluding tert-OH is 2. The van der Waals surface area contributed by atoms with Gasteiger partial charge in [-0.2, -0.15) is 6.61 Å². The first-order valence-electron chi connectivity index (χ1n) is 4.19. The van der Waals surface area contributed by atoms with Crippen molar-refractivity contribution in [3.8, 4) is 0 Å². The van der Waals surface area contributed by atoms with Crippen molar-refractivity contribution in [2.24, 2.45) is 0 Å². The van der Waals surface area contributed by atoms with Gasteiger partial charge in [0.2, 0.25) is 0 Å². The van der Waals surface area contributed by atoms with Gasteiger partial charge in [-0.3, -0.25) is 0 Å². The van der Waals surface area contributed by atoms with Gasteiger partial charge in [0, 0.05) is 38.2 Å². The van der Waals surface area contributed by atoms with Crippen LogP contribution in [0.4, 0.5) is 0 Å². The first kappa shape index (κ1) is 12.9. The molecule has 2 heterocycles. The van der Waals surface area contributed by atoms with Crippen LogP contribution in [0, 0.1) is 37.7 Å². The molecule has 80 valence electrons. The monoisotopic (exact) mass is 427 g/mol. The molecule has 0 spiro atoms. The van der Waals surface area contributed by atoms with E-state index in [9.17, 15) is 10.2 Å². The van der Waals surface area contributed by atoms with Crippen LogP contribution >= 0.6 is 0 Å². The fraction of sp³-hybridized carbons (Fsp3) is 0.875. The van der Waals surface area contributed by atoms with Gasteiger partial charge >= 0.3 is 0 Å². The predicted octanol–water partition coefficient (Wildman–Crippen LogP) is -1.32. The van der Waals surface area contributed by atoms with Crippen LogP contribution in [-0.2, 0) is 14.2 Å². The maximum Gasteiger partial charge on any atom is 0.114 e. The molecular weight excluding hydrogens is 414 g/mol. The van der Waals surface area contributed by atoms with E-state index in [0.717, 1.165) is 0 Å². The third-order valence-corrected chi connectivity index (χ3v) is 2.66. The van der Waals surface area contributed by atoms with Crippen LogP contribution in [-0.4, -0.2) is 54.4 Å². The summed E-state index contributed by atoms with van der Waals surface area (Å²) in [5, 5.41) is 18.8. The summed E-state index contributed by atoms with van der Waals surface area (Å²) >= 11 is 0. The summed E-state index contributed by atoms with van der Waals surface area (Å²) in [6, 6.07) is 0. The molecule has 0 aromatic rings. The Morgan fingerprint density at radius 2 is 2.29 bits per heavy atom. The Morgan fingerprint density at radius 1 is 1.57 bits per heavy atom. The minimum absolute atomic E-state index is 0. The van der Waals surface area contributed by atoms with Gasteiger partial charge in [-0.25, -0.2) is 0 Å². The van der Waals surface area contributed by atoms with E-state index in [1.165, 1.54) is 13.7 Å². The van der Waals surface area contributed by atoms with E-state index >= 15 is 0 Å². The zero-order chi connectivity index (χ0) is 9.47. The molecule has 2 saturated heterocycles. The van der Waals surface area contributed by atoms with Gasteiger partial charge in [0.1, 0.15) is 11.7 Å². The second-order valence-electron chi connectivity index (χ2n) is 3.36. The molecule has 0 aromatic heterocycles. The zero-order valence-electron chi connectivity index (χ0n) is 7.84. The Bertz CT molecular complexity index is 202. The third-order valence-electron chi connectivity index (χ3n) is 2.66. The molecule has 0 amide bonds. The Hall–Kier alpha value is 0.852. The fourth-order valence-corrected chi connectivity index (χ4v) is 1.86. The van der Waals surface area contributed by atoms with Gasteiger partial charge in [0.05, 0.1) is 19.3 Å². The van der Waals surface area contributed by atoms with Gasteiger partial charge in [-0.1, -0.05) is 0 Å². The van der Waals surface area contributed by atoms with E-state index in [2.05, 4.69) is 0 Å². The molecule has 14 heavy (non-hydrogen) atoms. The van der Waals surface area contributed by atoms with E-state index in [-0.39, 0.29) is 37.7 Å². The number of hydrogen-bond acceptors (Lipinski definition) is 5. The smallest absolute Gasteiger partial charge is 0.114 e. The summed E-state index contributed by atoms with van der Waals surface area (Å²) in [7, 11) is 1.54. The van der Waals surface area contributed by atoms with E-state index in [0.29, 0.717) is 6.61 Å². The van der Waals surface area contributed by atoms with Crippen LogP contribution in [0.25, 0.3) is 0 Å². The summed E-state index contributed by atoms with van der Waals surface area (Å²) in [5.41, 5.74) is -1.01. The Labute approximate surface area is 106 Å². The van der Waals surface area contributed by atoms with E-state index < -0.39 is 23.9 Å². The van der Waals surface area contributed by atoms with Crippen molar-refractivity contribution in [3.63, 3.8) is 0 Å². The Morgan fingerprint density at radius 3 is 2.79 bits per heavy atom. The number of methoxy groups -OCH3 is 1. The summed E-state index contributed by atoms with van der Waals surface area (Å²) in [6.45, 7) is 1.46. The van der Waals surface area contributed by atoms with Crippen molar-refractivity contribution in [1.29, 1.82) is 0 Å². The van der Waals surface area contributed by atoms with Crippen molar-refractivity contribution in [2.75, 3.05) is 20.3 Å². The summed E-state index contributed by atoms with van der Waals surface area (Å²) in [6.07, 6.45) is -1.63. The normalized spacial score (nSPS) is 45.2. The van der Waals surface area contributed by atoms with E-state index in [4.69, 9.17) is 14.2 Å². The van der Waals surface area contributed by atoms with E-state index in [1.807, 2.05) is 0 Å². The maximum absolute atomic E-state index is 9.68. The topological polar surface area (TPSA) is 68.2 Å². The van der Waals surface area contributed by atoms with Crippen LogP contribution in [0.2, 0.25) is 0 Å². The Balaban J connectivity index is 0.000000980. The minimum atomic E-state index is -1.01. The van der Waals surface area contributed by atoms with Crippen molar-refractivity contribution < 1.29 is 55.5 Å². The molecule has 0 unspecified atom stereocenters. The number of fused-ring (bicyclic) bond motifs is 2. The molecule has 2 aliphatic heterocycles. The van der Waals surface area contributed by atoms with Crippen LogP contribution in [0.5, 0.6) is 0 Å². The van der Waals surface area contributed by atoms with Crippen molar-refractivity contribution in [1.82, 2.24) is 0 Å². The molecule has 5 nitrogen and oxygen atoms in total. The van der Waals surface area contributed by atoms with Gasteiger partial charge in [0.25, 0.3) is 0 Å². The molecule has 0 aliphatic carbocycles.